The van der Waals surface area contributed by atoms with Crippen LogP contribution in [0.25, 0.3) is 0 Å². The van der Waals surface area contributed by atoms with Gasteiger partial charge in [-0.15, -0.1) is 0 Å². The molecule has 0 aromatic heterocycles. The third-order valence-corrected chi connectivity index (χ3v) is 6.70. The first kappa shape index (κ1) is 18.8. The number of rotatable bonds is 4. The number of benzene rings is 1. The van der Waals surface area contributed by atoms with E-state index in [1.54, 1.807) is 12.1 Å². The summed E-state index contributed by atoms with van der Waals surface area (Å²) in [6.07, 6.45) is 8.54. The summed E-state index contributed by atoms with van der Waals surface area (Å²) in [6, 6.07) is 3.10. The Morgan fingerprint density at radius 2 is 1.48 bits per heavy atom. The Kier molecular flexibility index (Phi) is 6.11. The van der Waals surface area contributed by atoms with Crippen LogP contribution in [0.15, 0.2) is 12.1 Å². The molecule has 140 valence electrons. The van der Waals surface area contributed by atoms with Crippen molar-refractivity contribution in [1.82, 2.24) is 0 Å². The van der Waals surface area contributed by atoms with Gasteiger partial charge in [-0.1, -0.05) is 31.9 Å². The van der Waals surface area contributed by atoms with Gasteiger partial charge in [0.25, 0.3) is 0 Å². The molecular weight excluding hydrogens is 322 g/mol. The molecule has 0 radical (unpaired) electrons. The fraction of sp³-hybridized carbons (Fsp3) is 0.714. The van der Waals surface area contributed by atoms with E-state index in [9.17, 15) is 14.0 Å². The number of hydrogen-bond donors (Lipinski definition) is 1. The van der Waals surface area contributed by atoms with Crippen molar-refractivity contribution in [2.24, 2.45) is 23.7 Å². The minimum atomic E-state index is -0.887. The summed E-state index contributed by atoms with van der Waals surface area (Å²) in [4.78, 5) is 4.64. The van der Waals surface area contributed by atoms with E-state index in [-0.39, 0.29) is 17.0 Å². The smallest absolute Gasteiger partial charge is 0.165 e. The van der Waals surface area contributed by atoms with E-state index >= 15 is 0 Å². The molecule has 1 aromatic rings. The van der Waals surface area contributed by atoms with E-state index in [1.807, 2.05) is 0 Å². The van der Waals surface area contributed by atoms with Crippen LogP contribution in [0.5, 0.6) is 0 Å². The van der Waals surface area contributed by atoms with Crippen LogP contribution in [-0.4, -0.2) is 5.26 Å². The van der Waals surface area contributed by atoms with Crippen molar-refractivity contribution in [3.05, 3.63) is 34.9 Å². The summed E-state index contributed by atoms with van der Waals surface area (Å²) in [6.45, 7) is 3.87. The zero-order valence-corrected chi connectivity index (χ0v) is 15.3. The molecule has 25 heavy (non-hydrogen) atoms. The fourth-order valence-corrected chi connectivity index (χ4v) is 4.95. The van der Waals surface area contributed by atoms with E-state index in [4.69, 9.17) is 0 Å². The maximum Gasteiger partial charge on any atom is 0.165 e. The number of halogens is 2. The van der Waals surface area contributed by atoms with Gasteiger partial charge in [0.05, 0.1) is 0 Å². The SMILES string of the molecule is Cc1ccc(C(OO)C2CCC(C3CCC(C)CC3)CC2)c(F)c1F. The lowest BCUT2D eigenvalue weighted by atomic mass is 9.68. The predicted molar refractivity (Wildman–Crippen MR) is 94.1 cm³/mol. The molecular formula is C21H30F2O2. The molecule has 2 fully saturated rings. The van der Waals surface area contributed by atoms with Crippen molar-refractivity contribution in [3.8, 4) is 0 Å². The standard InChI is InChI=1S/C21H30F2O2/c1-13-3-6-15(7-4-13)16-8-10-17(11-9-16)21(25-24)18-12-5-14(2)19(22)20(18)23/h5,12-13,15-17,21,24H,3-4,6-11H2,1-2H3. The van der Waals surface area contributed by atoms with E-state index in [0.717, 1.165) is 43.4 Å². The topological polar surface area (TPSA) is 29.5 Å². The van der Waals surface area contributed by atoms with E-state index < -0.39 is 17.7 Å². The summed E-state index contributed by atoms with van der Waals surface area (Å²) < 4.78 is 28.2. The Hall–Kier alpha value is -1.00. The zero-order chi connectivity index (χ0) is 18.0. The molecule has 0 spiro atoms. The van der Waals surface area contributed by atoms with Crippen LogP contribution < -0.4 is 0 Å². The molecule has 0 amide bonds. The van der Waals surface area contributed by atoms with Crippen molar-refractivity contribution in [2.75, 3.05) is 0 Å². The second-order valence-corrected chi connectivity index (χ2v) is 8.32. The van der Waals surface area contributed by atoms with Crippen LogP contribution in [0.3, 0.4) is 0 Å². The largest absolute Gasteiger partial charge is 0.251 e. The molecule has 1 aromatic carbocycles. The zero-order valence-electron chi connectivity index (χ0n) is 15.3. The summed E-state index contributed by atoms with van der Waals surface area (Å²) in [5.74, 6) is 0.730. The lowest BCUT2D eigenvalue weighted by molar-refractivity contribution is -0.297. The van der Waals surface area contributed by atoms with E-state index in [1.165, 1.54) is 32.6 Å². The van der Waals surface area contributed by atoms with E-state index in [2.05, 4.69) is 11.8 Å². The predicted octanol–water partition coefficient (Wildman–Crippen LogP) is 6.44. The Morgan fingerprint density at radius 3 is 2.04 bits per heavy atom. The minimum Gasteiger partial charge on any atom is -0.251 e. The summed E-state index contributed by atoms with van der Waals surface area (Å²) in [7, 11) is 0. The van der Waals surface area contributed by atoms with Crippen molar-refractivity contribution in [1.29, 1.82) is 0 Å². The first-order valence-corrected chi connectivity index (χ1v) is 9.76. The van der Waals surface area contributed by atoms with Crippen molar-refractivity contribution in [2.45, 2.75) is 71.3 Å². The Labute approximate surface area is 149 Å². The lowest BCUT2D eigenvalue weighted by Gasteiger charge is -2.38. The Morgan fingerprint density at radius 1 is 0.920 bits per heavy atom. The van der Waals surface area contributed by atoms with Gasteiger partial charge in [0.1, 0.15) is 6.10 Å². The van der Waals surface area contributed by atoms with Crippen LogP contribution in [0, 0.1) is 42.2 Å². The quantitative estimate of drug-likeness (QED) is 0.499. The van der Waals surface area contributed by atoms with Crippen LogP contribution in [0.1, 0.15) is 75.5 Å². The van der Waals surface area contributed by atoms with Crippen molar-refractivity contribution in [3.63, 3.8) is 0 Å². The maximum absolute atomic E-state index is 14.3. The molecule has 0 aliphatic heterocycles. The molecule has 0 heterocycles. The highest BCUT2D eigenvalue weighted by Crippen LogP contribution is 2.45. The van der Waals surface area contributed by atoms with Gasteiger partial charge in [0.15, 0.2) is 11.6 Å². The molecule has 1 atom stereocenters. The van der Waals surface area contributed by atoms with Gasteiger partial charge in [-0.25, -0.2) is 13.7 Å². The minimum absolute atomic E-state index is 0.0420. The number of hydrogen-bond acceptors (Lipinski definition) is 2. The second kappa shape index (κ2) is 8.13. The van der Waals surface area contributed by atoms with Crippen LogP contribution >= 0.6 is 0 Å². The first-order valence-electron chi connectivity index (χ1n) is 9.76. The molecule has 1 unspecified atom stereocenters. The fourth-order valence-electron chi connectivity index (χ4n) is 4.95. The average molecular weight is 352 g/mol. The molecule has 3 rings (SSSR count). The van der Waals surface area contributed by atoms with Gasteiger partial charge in [0, 0.05) is 5.56 Å². The molecule has 0 bridgehead atoms. The first-order chi connectivity index (χ1) is 12.0. The van der Waals surface area contributed by atoms with Crippen molar-refractivity contribution < 1.29 is 18.9 Å². The Bertz CT molecular complexity index is 574. The van der Waals surface area contributed by atoms with Gasteiger partial charge >= 0.3 is 0 Å². The molecule has 2 aliphatic rings. The highest BCUT2D eigenvalue weighted by Gasteiger charge is 2.35. The molecule has 0 saturated heterocycles. The maximum atomic E-state index is 14.3. The highest BCUT2D eigenvalue weighted by atomic mass is 19.2. The summed E-state index contributed by atoms with van der Waals surface area (Å²) >= 11 is 0. The monoisotopic (exact) mass is 352 g/mol. The van der Waals surface area contributed by atoms with Gasteiger partial charge in [-0.05, 0) is 74.7 Å². The lowest BCUT2D eigenvalue weighted by Crippen LogP contribution is -2.28. The third-order valence-electron chi connectivity index (χ3n) is 6.70. The van der Waals surface area contributed by atoms with Gasteiger partial charge in [0.2, 0.25) is 0 Å². The van der Waals surface area contributed by atoms with Crippen molar-refractivity contribution >= 4 is 0 Å². The molecule has 1 N–H and O–H groups in total. The van der Waals surface area contributed by atoms with Crippen LogP contribution in [0.2, 0.25) is 0 Å². The summed E-state index contributed by atoms with van der Waals surface area (Å²) in [5.41, 5.74) is 0.411. The molecule has 2 aliphatic carbocycles. The summed E-state index contributed by atoms with van der Waals surface area (Å²) in [5, 5.41) is 9.37. The second-order valence-electron chi connectivity index (χ2n) is 8.32. The average Bonchev–Trinajstić information content (AvgIpc) is 2.63. The Balaban J connectivity index is 1.64. The molecule has 4 heteroatoms. The van der Waals surface area contributed by atoms with Gasteiger partial charge in [-0.3, -0.25) is 5.26 Å². The normalized spacial score (nSPS) is 31.7. The molecule has 2 nitrogen and oxygen atoms in total. The molecule has 2 saturated carbocycles. The van der Waals surface area contributed by atoms with Gasteiger partial charge < -0.3 is 0 Å². The number of aryl methyl sites for hydroxylation is 1. The van der Waals surface area contributed by atoms with Crippen LogP contribution in [-0.2, 0) is 4.89 Å². The third kappa shape index (κ3) is 4.06. The van der Waals surface area contributed by atoms with E-state index in [0.29, 0.717) is 0 Å². The van der Waals surface area contributed by atoms with Crippen LogP contribution in [0.4, 0.5) is 8.78 Å². The highest BCUT2D eigenvalue weighted by molar-refractivity contribution is 5.27. The van der Waals surface area contributed by atoms with Gasteiger partial charge in [-0.2, -0.15) is 0 Å².